The zero-order valence-corrected chi connectivity index (χ0v) is 12.4. The molecular weight excluding hydrogens is 260 g/mol. The number of aliphatic carboxylic acids is 1. The van der Waals surface area contributed by atoms with Crippen LogP contribution in [0.15, 0.2) is 0 Å². The van der Waals surface area contributed by atoms with Crippen LogP contribution < -0.4 is 11.1 Å². The molecule has 20 heavy (non-hydrogen) atoms. The van der Waals surface area contributed by atoms with Gasteiger partial charge in [-0.1, -0.05) is 13.8 Å². The molecule has 116 valence electrons. The summed E-state index contributed by atoms with van der Waals surface area (Å²) in [6.07, 6.45) is 2.57. The van der Waals surface area contributed by atoms with Gasteiger partial charge in [-0.25, -0.2) is 0 Å². The molecule has 0 atom stereocenters. The highest BCUT2D eigenvalue weighted by Crippen LogP contribution is 2.26. The fourth-order valence-corrected chi connectivity index (χ4v) is 2.22. The second kappa shape index (κ2) is 7.04. The van der Waals surface area contributed by atoms with Crippen molar-refractivity contribution in [2.24, 2.45) is 11.1 Å². The molecule has 1 heterocycles. The largest absolute Gasteiger partial charge is 0.481 e. The number of amides is 1. The highest BCUT2D eigenvalue weighted by Gasteiger charge is 2.35. The Morgan fingerprint density at radius 2 is 1.90 bits per heavy atom. The van der Waals surface area contributed by atoms with Crippen LogP contribution in [-0.2, 0) is 14.3 Å². The summed E-state index contributed by atoms with van der Waals surface area (Å²) >= 11 is 0. The summed E-state index contributed by atoms with van der Waals surface area (Å²) in [6, 6.07) is 0. The average molecular weight is 286 g/mol. The molecule has 1 aliphatic heterocycles. The zero-order valence-electron chi connectivity index (χ0n) is 12.4. The third-order valence-corrected chi connectivity index (χ3v) is 3.94. The van der Waals surface area contributed by atoms with E-state index in [9.17, 15) is 9.59 Å². The van der Waals surface area contributed by atoms with Crippen LogP contribution in [0.5, 0.6) is 0 Å². The van der Waals surface area contributed by atoms with Gasteiger partial charge in [0.1, 0.15) is 0 Å². The van der Waals surface area contributed by atoms with Crippen LogP contribution in [-0.4, -0.2) is 42.3 Å². The minimum Gasteiger partial charge on any atom is -0.481 e. The van der Waals surface area contributed by atoms with E-state index in [-0.39, 0.29) is 17.7 Å². The third-order valence-electron chi connectivity index (χ3n) is 3.94. The topological polar surface area (TPSA) is 102 Å². The summed E-state index contributed by atoms with van der Waals surface area (Å²) in [5, 5.41) is 11.6. The predicted molar refractivity (Wildman–Crippen MR) is 75.2 cm³/mol. The quantitative estimate of drug-likeness (QED) is 0.645. The SMILES string of the molecule is CC(C)(CCNC(=O)C1(N)CCOCC1)CCC(=O)O. The number of hydrogen-bond acceptors (Lipinski definition) is 4. The lowest BCUT2D eigenvalue weighted by atomic mass is 9.84. The van der Waals surface area contributed by atoms with Crippen LogP contribution in [0.25, 0.3) is 0 Å². The van der Waals surface area contributed by atoms with Crippen molar-refractivity contribution < 1.29 is 19.4 Å². The van der Waals surface area contributed by atoms with E-state index in [0.29, 0.717) is 39.0 Å². The average Bonchev–Trinajstić information content (AvgIpc) is 2.37. The molecule has 0 aromatic carbocycles. The molecule has 1 saturated heterocycles. The van der Waals surface area contributed by atoms with Crippen molar-refractivity contribution in [3.63, 3.8) is 0 Å². The van der Waals surface area contributed by atoms with Crippen LogP contribution in [0.3, 0.4) is 0 Å². The van der Waals surface area contributed by atoms with E-state index in [4.69, 9.17) is 15.6 Å². The van der Waals surface area contributed by atoms with Gasteiger partial charge in [-0.2, -0.15) is 0 Å². The Labute approximate surface area is 120 Å². The molecule has 0 aromatic heterocycles. The first-order valence-electron chi connectivity index (χ1n) is 7.12. The maximum atomic E-state index is 12.1. The van der Waals surface area contributed by atoms with Crippen molar-refractivity contribution in [3.05, 3.63) is 0 Å². The highest BCUT2D eigenvalue weighted by atomic mass is 16.5. The van der Waals surface area contributed by atoms with Gasteiger partial charge in [0.15, 0.2) is 0 Å². The first-order valence-corrected chi connectivity index (χ1v) is 7.12. The molecular formula is C14H26N2O4. The van der Waals surface area contributed by atoms with Gasteiger partial charge in [-0.05, 0) is 31.1 Å². The standard InChI is InChI=1S/C14H26N2O4/c1-13(2,4-3-11(17)18)5-8-16-12(19)14(15)6-9-20-10-7-14/h3-10,15H2,1-2H3,(H,16,19)(H,17,18). The molecule has 0 radical (unpaired) electrons. The summed E-state index contributed by atoms with van der Waals surface area (Å²) in [5.74, 6) is -0.917. The monoisotopic (exact) mass is 286 g/mol. The molecule has 4 N–H and O–H groups in total. The van der Waals surface area contributed by atoms with E-state index in [1.807, 2.05) is 13.8 Å². The molecule has 6 heteroatoms. The maximum absolute atomic E-state index is 12.1. The van der Waals surface area contributed by atoms with Crippen molar-refractivity contribution in [2.75, 3.05) is 19.8 Å². The van der Waals surface area contributed by atoms with Gasteiger partial charge >= 0.3 is 5.97 Å². The van der Waals surface area contributed by atoms with Gasteiger partial charge in [-0.15, -0.1) is 0 Å². The molecule has 1 amide bonds. The van der Waals surface area contributed by atoms with E-state index < -0.39 is 11.5 Å². The fourth-order valence-electron chi connectivity index (χ4n) is 2.22. The highest BCUT2D eigenvalue weighted by molar-refractivity contribution is 5.86. The lowest BCUT2D eigenvalue weighted by Gasteiger charge is -2.32. The summed E-state index contributed by atoms with van der Waals surface area (Å²) in [6.45, 7) is 5.58. The number of carbonyl (C=O) groups excluding carboxylic acids is 1. The molecule has 1 aliphatic rings. The number of nitrogens with one attached hydrogen (secondary N) is 1. The van der Waals surface area contributed by atoms with Crippen LogP contribution in [0.2, 0.25) is 0 Å². The Balaban J connectivity index is 2.32. The van der Waals surface area contributed by atoms with Gasteiger partial charge in [-0.3, -0.25) is 9.59 Å². The first-order chi connectivity index (χ1) is 9.25. The Hall–Kier alpha value is -1.14. The van der Waals surface area contributed by atoms with Crippen molar-refractivity contribution in [2.45, 2.75) is 51.5 Å². The Kier molecular flexibility index (Phi) is 5.95. The molecule has 0 aromatic rings. The number of hydrogen-bond donors (Lipinski definition) is 3. The van der Waals surface area contributed by atoms with Crippen molar-refractivity contribution in [1.82, 2.24) is 5.32 Å². The van der Waals surface area contributed by atoms with Gasteiger partial charge in [0.25, 0.3) is 0 Å². The Morgan fingerprint density at radius 3 is 2.45 bits per heavy atom. The summed E-state index contributed by atoms with van der Waals surface area (Å²) < 4.78 is 5.21. The second-order valence-corrected chi connectivity index (χ2v) is 6.33. The summed E-state index contributed by atoms with van der Waals surface area (Å²) in [4.78, 5) is 22.7. The van der Waals surface area contributed by atoms with E-state index in [0.717, 1.165) is 6.42 Å². The Morgan fingerprint density at radius 1 is 1.30 bits per heavy atom. The first kappa shape index (κ1) is 16.9. The number of rotatable bonds is 7. The smallest absolute Gasteiger partial charge is 0.303 e. The molecule has 0 bridgehead atoms. The number of carboxylic acid groups (broad SMARTS) is 1. The van der Waals surface area contributed by atoms with Crippen LogP contribution >= 0.6 is 0 Å². The molecule has 0 spiro atoms. The lowest BCUT2D eigenvalue weighted by molar-refractivity contribution is -0.137. The molecule has 0 unspecified atom stereocenters. The molecule has 0 aliphatic carbocycles. The minimum atomic E-state index is -0.816. The van der Waals surface area contributed by atoms with Crippen LogP contribution in [0, 0.1) is 5.41 Å². The van der Waals surface area contributed by atoms with E-state index in [2.05, 4.69) is 5.32 Å². The fraction of sp³-hybridized carbons (Fsp3) is 0.857. The summed E-state index contributed by atoms with van der Waals surface area (Å²) in [5.41, 5.74) is 5.16. The minimum absolute atomic E-state index is 0.108. The zero-order chi connectivity index (χ0) is 15.2. The van der Waals surface area contributed by atoms with Crippen molar-refractivity contribution in [1.29, 1.82) is 0 Å². The van der Waals surface area contributed by atoms with Crippen LogP contribution in [0.4, 0.5) is 0 Å². The van der Waals surface area contributed by atoms with Crippen molar-refractivity contribution >= 4 is 11.9 Å². The molecule has 1 fully saturated rings. The van der Waals surface area contributed by atoms with Crippen molar-refractivity contribution in [3.8, 4) is 0 Å². The van der Waals surface area contributed by atoms with Crippen LogP contribution in [0.1, 0.15) is 46.0 Å². The van der Waals surface area contributed by atoms with Gasteiger partial charge < -0.3 is 20.9 Å². The summed E-state index contributed by atoms with van der Waals surface area (Å²) in [7, 11) is 0. The number of carboxylic acids is 1. The van der Waals surface area contributed by atoms with Gasteiger partial charge in [0.05, 0.1) is 5.54 Å². The number of ether oxygens (including phenoxy) is 1. The second-order valence-electron chi connectivity index (χ2n) is 6.33. The van der Waals surface area contributed by atoms with E-state index in [1.165, 1.54) is 0 Å². The third kappa shape index (κ3) is 5.46. The number of nitrogens with two attached hydrogens (primary N) is 1. The van der Waals surface area contributed by atoms with E-state index >= 15 is 0 Å². The van der Waals surface area contributed by atoms with Gasteiger partial charge in [0, 0.05) is 26.2 Å². The van der Waals surface area contributed by atoms with Gasteiger partial charge in [0.2, 0.25) is 5.91 Å². The maximum Gasteiger partial charge on any atom is 0.303 e. The predicted octanol–water partition coefficient (Wildman–Crippen LogP) is 0.892. The molecule has 6 nitrogen and oxygen atoms in total. The molecule has 0 saturated carbocycles. The van der Waals surface area contributed by atoms with E-state index in [1.54, 1.807) is 0 Å². The number of carbonyl (C=O) groups is 2. The molecule has 1 rings (SSSR count). The lowest BCUT2D eigenvalue weighted by Crippen LogP contribution is -2.57. The normalized spacial score (nSPS) is 18.6. The Bertz CT molecular complexity index is 349.